The van der Waals surface area contributed by atoms with Gasteiger partial charge in [0.1, 0.15) is 6.61 Å². The van der Waals surface area contributed by atoms with Crippen molar-refractivity contribution in [2.45, 2.75) is 168 Å². The Hall–Kier alpha value is -6.80. The summed E-state index contributed by atoms with van der Waals surface area (Å²) < 4.78 is 46.7. The van der Waals surface area contributed by atoms with Gasteiger partial charge in [0.05, 0.1) is 62.0 Å². The maximum atomic E-state index is 11.2. The first-order chi connectivity index (χ1) is 46.1. The van der Waals surface area contributed by atoms with Crippen molar-refractivity contribution in [1.29, 1.82) is 0 Å². The third-order valence-electron chi connectivity index (χ3n) is 15.6. The predicted molar refractivity (Wildman–Crippen MR) is 365 cm³/mol. The molecule has 0 unspecified atom stereocenters. The molecule has 0 N–H and O–H groups in total. The fourth-order valence-electron chi connectivity index (χ4n) is 10.3. The van der Waals surface area contributed by atoms with Crippen LogP contribution < -0.4 is 0 Å². The van der Waals surface area contributed by atoms with Crippen LogP contribution in [0.5, 0.6) is 0 Å². The molecule has 0 aromatic carbocycles. The number of methoxy groups -OCH3 is 5. The van der Waals surface area contributed by atoms with Gasteiger partial charge >= 0.3 is 59.7 Å². The minimum atomic E-state index is -0.557. The van der Waals surface area contributed by atoms with E-state index in [2.05, 4.69) is 48.2 Å². The Kier molecular flexibility index (Phi) is 58.5. The fourth-order valence-corrected chi connectivity index (χ4v) is 10.3. The van der Waals surface area contributed by atoms with Crippen molar-refractivity contribution < 1.29 is 95.3 Å². The van der Waals surface area contributed by atoms with Crippen LogP contribution in [0.15, 0.2) is 60.8 Å². The van der Waals surface area contributed by atoms with E-state index in [9.17, 15) is 47.9 Å². The Labute approximate surface area is 572 Å². The molecule has 25 heteroatoms. The van der Waals surface area contributed by atoms with Gasteiger partial charge in [0.25, 0.3) is 0 Å². The highest BCUT2D eigenvalue weighted by molar-refractivity contribution is 5.93. The van der Waals surface area contributed by atoms with E-state index in [-0.39, 0.29) is 7.43 Å². The normalized spacial score (nSPS) is 16.3. The van der Waals surface area contributed by atoms with Crippen molar-refractivity contribution in [2.75, 3.05) is 167 Å². The lowest BCUT2D eigenvalue weighted by Gasteiger charge is -2.26. The lowest BCUT2D eigenvalue weighted by atomic mass is 10.1. The summed E-state index contributed by atoms with van der Waals surface area (Å²) in [7, 11) is 6.31. The standard InChI is InChI=1S/C16H27NO4.C15H25NO4.C14H23NO4.C13H21NO4.C12H19NO4.CH4/c1-20-15(18)9-10-16(19)21-14-8-3-2-5-11-17-12-6-4-7-13-17;1-19-14(17)8-9-15(18)20-13-7-3-6-12-16-10-4-2-5-11-16;1-18-13(16)7-8-14(17)19-12-6-5-11-15-9-3-2-4-10-15;1-17-12(15)6-7-13(16)18-11-5-10-14-8-3-2-4-9-14;1-16-11(14)5-6-12(15)17-10-9-13-7-3-2-4-8-13;/h9-10H,2-8,11-14H2,1H3;8-9H,2-7,10-13H2,1H3;7-8H,2-6,9-12H2,1H3;6-7H,2-5,8-11H2,1H3;5-6H,2-4,7-10H2,1H3;1H4/b10-9+;9-8+;8-7+;7-6+;6-5+;. The smallest absolute Gasteiger partial charge is 0.331 e. The lowest BCUT2D eigenvalue weighted by Crippen LogP contribution is -2.33. The number of carbonyl (C=O) groups is 10. The van der Waals surface area contributed by atoms with E-state index < -0.39 is 59.7 Å². The Bertz CT molecular complexity index is 2260. The van der Waals surface area contributed by atoms with Gasteiger partial charge < -0.3 is 67.0 Å². The van der Waals surface area contributed by atoms with Gasteiger partial charge in [0.2, 0.25) is 0 Å². The molecule has 0 saturated carbocycles. The summed E-state index contributed by atoms with van der Waals surface area (Å²) in [6.07, 6.45) is 40.5. The zero-order valence-electron chi connectivity index (χ0n) is 58.0. The molecule has 96 heavy (non-hydrogen) atoms. The van der Waals surface area contributed by atoms with E-state index in [4.69, 9.17) is 23.7 Å². The van der Waals surface area contributed by atoms with Crippen molar-refractivity contribution in [3.8, 4) is 0 Å². The molecule has 5 aliphatic heterocycles. The number of ether oxygens (including phenoxy) is 10. The van der Waals surface area contributed by atoms with Crippen LogP contribution in [0.4, 0.5) is 0 Å². The number of esters is 10. The molecule has 5 fully saturated rings. The summed E-state index contributed by atoms with van der Waals surface area (Å²) in [5.74, 6) is -5.26. The van der Waals surface area contributed by atoms with Crippen LogP contribution in [-0.4, -0.2) is 251 Å². The summed E-state index contributed by atoms with van der Waals surface area (Å²) in [6, 6.07) is 0. The van der Waals surface area contributed by atoms with Gasteiger partial charge in [-0.25, -0.2) is 47.9 Å². The second-order valence-corrected chi connectivity index (χ2v) is 23.2. The van der Waals surface area contributed by atoms with Gasteiger partial charge in [-0.2, -0.15) is 0 Å². The second kappa shape index (κ2) is 63.0. The average Bonchev–Trinajstić information content (AvgIpc) is 3.60. The molecule has 0 bridgehead atoms. The molecule has 25 nitrogen and oxygen atoms in total. The molecule has 0 atom stereocenters. The monoisotopic (exact) mass is 1360 g/mol. The molecule has 0 radical (unpaired) electrons. The second-order valence-electron chi connectivity index (χ2n) is 23.2. The number of rotatable bonds is 35. The molecule has 5 heterocycles. The number of carbonyl (C=O) groups excluding carboxylic acids is 10. The Morgan fingerprint density at radius 2 is 0.396 bits per heavy atom. The molecule has 5 saturated heterocycles. The first-order valence-corrected chi connectivity index (χ1v) is 34.4. The Morgan fingerprint density at radius 3 is 0.656 bits per heavy atom. The molecule has 0 aromatic heterocycles. The van der Waals surface area contributed by atoms with Crippen LogP contribution in [0.3, 0.4) is 0 Å². The third-order valence-corrected chi connectivity index (χ3v) is 15.6. The summed E-state index contributed by atoms with van der Waals surface area (Å²) in [5.41, 5.74) is 0. The number of hydrogen-bond donors (Lipinski definition) is 0. The Balaban J connectivity index is 0.00000117. The van der Waals surface area contributed by atoms with Gasteiger partial charge in [-0.15, -0.1) is 0 Å². The predicted octanol–water partition coefficient (Wildman–Crippen LogP) is 8.26. The number of unbranched alkanes of at least 4 members (excludes halogenated alkanes) is 6. The van der Waals surface area contributed by atoms with E-state index in [0.717, 1.165) is 164 Å². The fraction of sp³-hybridized carbons (Fsp3) is 0.718. The minimum absolute atomic E-state index is 0. The summed E-state index contributed by atoms with van der Waals surface area (Å²) >= 11 is 0. The van der Waals surface area contributed by atoms with Gasteiger partial charge in [0, 0.05) is 73.8 Å². The highest BCUT2D eigenvalue weighted by atomic mass is 16.6. The zero-order chi connectivity index (χ0) is 69.6. The SMILES string of the molecule is C.COC(=O)/C=C/C(=O)OCCCCCCN1CCCCC1.COC(=O)/C=C/C(=O)OCCCCCN1CCCCC1.COC(=O)/C=C/C(=O)OCCCCN1CCCCC1.COC(=O)/C=C/C(=O)OCCCN1CCCCC1.COC(=O)/C=C/C(=O)OCCN1CCCCC1. The molecule has 548 valence electrons. The van der Waals surface area contributed by atoms with E-state index in [1.807, 2.05) is 0 Å². The van der Waals surface area contributed by atoms with Crippen molar-refractivity contribution in [3.63, 3.8) is 0 Å². The molecule has 5 rings (SSSR count). The highest BCUT2D eigenvalue weighted by Crippen LogP contribution is 2.14. The molecule has 0 amide bonds. The Morgan fingerprint density at radius 1 is 0.219 bits per heavy atom. The van der Waals surface area contributed by atoms with E-state index in [1.165, 1.54) is 191 Å². The molecular formula is C71H119N5O20. The van der Waals surface area contributed by atoms with Crippen LogP contribution in [-0.2, 0) is 95.3 Å². The van der Waals surface area contributed by atoms with Crippen LogP contribution in [0, 0.1) is 0 Å². The summed E-state index contributed by atoms with van der Waals surface area (Å²) in [4.78, 5) is 122. The number of piperidine rings is 5. The van der Waals surface area contributed by atoms with Crippen LogP contribution >= 0.6 is 0 Å². The highest BCUT2D eigenvalue weighted by Gasteiger charge is 2.14. The van der Waals surface area contributed by atoms with Crippen molar-refractivity contribution >= 4 is 59.7 Å². The van der Waals surface area contributed by atoms with Crippen LogP contribution in [0.1, 0.15) is 168 Å². The molecular weight excluding hydrogens is 1240 g/mol. The maximum Gasteiger partial charge on any atom is 0.331 e. The molecule has 0 aromatic rings. The molecule has 0 spiro atoms. The maximum absolute atomic E-state index is 11.2. The van der Waals surface area contributed by atoms with Crippen LogP contribution in [0.25, 0.3) is 0 Å². The first-order valence-electron chi connectivity index (χ1n) is 34.4. The number of hydrogen-bond acceptors (Lipinski definition) is 25. The largest absolute Gasteiger partial charge is 0.466 e. The van der Waals surface area contributed by atoms with Crippen molar-refractivity contribution in [1.82, 2.24) is 24.5 Å². The zero-order valence-corrected chi connectivity index (χ0v) is 58.0. The summed E-state index contributed by atoms with van der Waals surface area (Å²) in [6.45, 7) is 18.9. The molecule has 5 aliphatic rings. The number of nitrogens with zero attached hydrogens (tertiary/aromatic N) is 5. The van der Waals surface area contributed by atoms with E-state index in [0.29, 0.717) is 33.0 Å². The van der Waals surface area contributed by atoms with Gasteiger partial charge in [-0.05, 0) is 201 Å². The topological polar surface area (TPSA) is 279 Å². The van der Waals surface area contributed by atoms with Crippen molar-refractivity contribution in [3.05, 3.63) is 60.8 Å². The minimum Gasteiger partial charge on any atom is -0.466 e. The quantitative estimate of drug-likeness (QED) is 0.0250. The number of likely N-dealkylation sites (tertiary alicyclic amines) is 5. The first kappa shape index (κ1) is 89.2. The lowest BCUT2D eigenvalue weighted by molar-refractivity contribution is -0.139. The van der Waals surface area contributed by atoms with Gasteiger partial charge in [0.15, 0.2) is 0 Å². The van der Waals surface area contributed by atoms with Gasteiger partial charge in [-0.3, -0.25) is 4.90 Å². The molecule has 0 aliphatic carbocycles. The van der Waals surface area contributed by atoms with Gasteiger partial charge in [-0.1, -0.05) is 52.4 Å². The summed E-state index contributed by atoms with van der Waals surface area (Å²) in [5, 5.41) is 0. The average molecular weight is 1360 g/mol. The third kappa shape index (κ3) is 55.3. The van der Waals surface area contributed by atoms with E-state index in [1.54, 1.807) is 0 Å². The van der Waals surface area contributed by atoms with Crippen LogP contribution in [0.2, 0.25) is 0 Å². The van der Waals surface area contributed by atoms with Crippen molar-refractivity contribution in [2.24, 2.45) is 0 Å². The van der Waals surface area contributed by atoms with E-state index >= 15 is 0 Å².